The van der Waals surface area contributed by atoms with E-state index in [-0.39, 0.29) is 35.8 Å². The third-order valence-corrected chi connectivity index (χ3v) is 7.25. The van der Waals surface area contributed by atoms with Crippen molar-refractivity contribution in [3.63, 3.8) is 0 Å². The lowest BCUT2D eigenvalue weighted by molar-refractivity contribution is -0.116. The number of ether oxygens (including phenoxy) is 2. The molecule has 0 spiro atoms. The molecule has 2 atom stereocenters. The fourth-order valence-corrected chi connectivity index (χ4v) is 5.87. The Bertz CT molecular complexity index is 1040. The highest BCUT2D eigenvalue weighted by atomic mass is 32.2. The zero-order valence-corrected chi connectivity index (χ0v) is 16.9. The molecule has 150 valence electrons. The minimum absolute atomic E-state index is 0.0486. The van der Waals surface area contributed by atoms with Gasteiger partial charge in [0.15, 0.2) is 9.84 Å². The smallest absolute Gasteiger partial charge is 0.226 e. The highest BCUT2D eigenvalue weighted by Gasteiger charge is 2.38. The van der Waals surface area contributed by atoms with Crippen LogP contribution >= 0.6 is 0 Å². The number of carbonyl (C=O) groups is 1. The third kappa shape index (κ3) is 3.13. The largest absolute Gasteiger partial charge is 0.497 e. The summed E-state index contributed by atoms with van der Waals surface area (Å²) < 4.78 is 36.4. The van der Waals surface area contributed by atoms with Gasteiger partial charge in [-0.05, 0) is 19.4 Å². The molecular formula is C19H23N3O5S. The fraction of sp³-hybridized carbons (Fsp3) is 0.474. The van der Waals surface area contributed by atoms with Crippen LogP contribution in [-0.2, 0) is 14.6 Å². The van der Waals surface area contributed by atoms with Gasteiger partial charge in [0.25, 0.3) is 0 Å². The minimum atomic E-state index is -3.07. The van der Waals surface area contributed by atoms with Crippen molar-refractivity contribution in [2.24, 2.45) is 0 Å². The van der Waals surface area contributed by atoms with Crippen LogP contribution in [0.2, 0.25) is 0 Å². The van der Waals surface area contributed by atoms with Crippen molar-refractivity contribution in [2.75, 3.05) is 31.0 Å². The summed E-state index contributed by atoms with van der Waals surface area (Å²) in [5, 5.41) is 7.53. The van der Waals surface area contributed by atoms with Crippen LogP contribution in [0.25, 0.3) is 0 Å². The highest BCUT2D eigenvalue weighted by Crippen LogP contribution is 2.44. The molecule has 0 aliphatic carbocycles. The van der Waals surface area contributed by atoms with Crippen LogP contribution in [0.15, 0.2) is 18.2 Å². The number of amides is 1. The highest BCUT2D eigenvalue weighted by molar-refractivity contribution is 7.91. The summed E-state index contributed by atoms with van der Waals surface area (Å²) in [6.45, 7) is 1.89. The zero-order chi connectivity index (χ0) is 20.1. The number of aryl methyl sites for hydroxylation is 1. The van der Waals surface area contributed by atoms with E-state index in [1.54, 1.807) is 25.0 Å². The van der Waals surface area contributed by atoms with E-state index in [1.807, 2.05) is 19.1 Å². The lowest BCUT2D eigenvalue weighted by atomic mass is 9.85. The zero-order valence-electron chi connectivity index (χ0n) is 16.1. The van der Waals surface area contributed by atoms with Crippen molar-refractivity contribution in [3.8, 4) is 11.5 Å². The van der Waals surface area contributed by atoms with E-state index in [2.05, 4.69) is 10.4 Å². The molecule has 2 aliphatic rings. The molecule has 9 heteroatoms. The Balaban J connectivity index is 1.81. The van der Waals surface area contributed by atoms with Crippen molar-refractivity contribution in [1.82, 2.24) is 9.78 Å². The number of sulfone groups is 1. The first-order valence-corrected chi connectivity index (χ1v) is 11.0. The SMILES string of the molecule is COc1ccc([C@H]2CC(=O)Nc3c2c(C)nn3[C@H]2CCS(=O)(=O)C2)c(OC)c1. The second-order valence-electron chi connectivity index (χ2n) is 7.26. The molecule has 0 saturated carbocycles. The number of fused-ring (bicyclic) bond motifs is 1. The molecule has 2 aromatic rings. The number of carbonyl (C=O) groups excluding carboxylic acids is 1. The summed E-state index contributed by atoms with van der Waals surface area (Å²) in [5.41, 5.74) is 2.57. The predicted molar refractivity (Wildman–Crippen MR) is 104 cm³/mol. The number of nitrogens with zero attached hydrogens (tertiary/aromatic N) is 2. The summed E-state index contributed by atoms with van der Waals surface area (Å²) in [4.78, 5) is 12.5. The second kappa shape index (κ2) is 6.80. The second-order valence-corrected chi connectivity index (χ2v) is 9.49. The number of aromatic nitrogens is 2. The average molecular weight is 405 g/mol. The molecule has 0 bridgehead atoms. The van der Waals surface area contributed by atoms with E-state index < -0.39 is 9.84 Å². The molecule has 0 unspecified atom stereocenters. The third-order valence-electron chi connectivity index (χ3n) is 5.50. The molecule has 0 radical (unpaired) electrons. The van der Waals surface area contributed by atoms with E-state index in [0.29, 0.717) is 23.7 Å². The van der Waals surface area contributed by atoms with Crippen LogP contribution in [0, 0.1) is 6.92 Å². The van der Waals surface area contributed by atoms with Gasteiger partial charge in [0.2, 0.25) is 5.91 Å². The molecule has 1 N–H and O–H groups in total. The number of methoxy groups -OCH3 is 2. The van der Waals surface area contributed by atoms with Gasteiger partial charge >= 0.3 is 0 Å². The Morgan fingerprint density at radius 2 is 2.04 bits per heavy atom. The van der Waals surface area contributed by atoms with Gasteiger partial charge in [0.1, 0.15) is 17.3 Å². The molecule has 1 aromatic carbocycles. The van der Waals surface area contributed by atoms with E-state index in [9.17, 15) is 13.2 Å². The van der Waals surface area contributed by atoms with Crippen LogP contribution in [0.4, 0.5) is 5.82 Å². The van der Waals surface area contributed by atoms with Gasteiger partial charge in [-0.2, -0.15) is 5.10 Å². The number of hydrogen-bond acceptors (Lipinski definition) is 6. The first-order valence-electron chi connectivity index (χ1n) is 9.14. The van der Waals surface area contributed by atoms with Crippen LogP contribution in [0.5, 0.6) is 11.5 Å². The minimum Gasteiger partial charge on any atom is -0.497 e. The maximum atomic E-state index is 12.5. The number of nitrogens with one attached hydrogen (secondary N) is 1. The Morgan fingerprint density at radius 3 is 2.68 bits per heavy atom. The molecule has 8 nitrogen and oxygen atoms in total. The summed E-state index contributed by atoms with van der Waals surface area (Å²) in [7, 11) is 0.107. The summed E-state index contributed by atoms with van der Waals surface area (Å²) in [6, 6.07) is 5.28. The Labute approximate surface area is 163 Å². The predicted octanol–water partition coefficient (Wildman–Crippen LogP) is 2.04. The maximum absolute atomic E-state index is 12.5. The van der Waals surface area contributed by atoms with Gasteiger partial charge in [0.05, 0.1) is 37.5 Å². The molecule has 4 rings (SSSR count). The average Bonchev–Trinajstić information content (AvgIpc) is 3.19. The number of benzene rings is 1. The van der Waals surface area contributed by atoms with E-state index in [0.717, 1.165) is 16.8 Å². The molecule has 1 fully saturated rings. The monoisotopic (exact) mass is 405 g/mol. The number of hydrogen-bond donors (Lipinski definition) is 1. The van der Waals surface area contributed by atoms with Gasteiger partial charge in [0, 0.05) is 29.5 Å². The van der Waals surface area contributed by atoms with Crippen molar-refractivity contribution in [3.05, 3.63) is 35.0 Å². The standard InChI is InChI=1S/C19H23N3O5S/c1-11-18-15(14-5-4-13(26-2)8-16(14)27-3)9-17(23)20-19(18)22(21-11)12-6-7-28(24,25)10-12/h4-5,8,12,15H,6-7,9-10H2,1-3H3,(H,20,23)/t12-,15+/m0/s1. The molecule has 1 aromatic heterocycles. The number of anilines is 1. The van der Waals surface area contributed by atoms with Crippen LogP contribution < -0.4 is 14.8 Å². The lowest BCUT2D eigenvalue weighted by Crippen LogP contribution is -2.26. The topological polar surface area (TPSA) is 99.5 Å². The van der Waals surface area contributed by atoms with Crippen molar-refractivity contribution in [2.45, 2.75) is 31.7 Å². The van der Waals surface area contributed by atoms with Gasteiger partial charge in [-0.1, -0.05) is 6.07 Å². The van der Waals surface area contributed by atoms with E-state index in [1.165, 1.54) is 0 Å². The summed E-state index contributed by atoms with van der Waals surface area (Å²) in [6.07, 6.45) is 0.771. The molecule has 2 aliphatic heterocycles. The Kier molecular flexibility index (Phi) is 4.57. The molecule has 28 heavy (non-hydrogen) atoms. The van der Waals surface area contributed by atoms with Gasteiger partial charge in [-0.3, -0.25) is 4.79 Å². The van der Waals surface area contributed by atoms with Gasteiger partial charge < -0.3 is 14.8 Å². The molecule has 1 saturated heterocycles. The number of rotatable bonds is 4. The summed E-state index contributed by atoms with van der Waals surface area (Å²) >= 11 is 0. The van der Waals surface area contributed by atoms with Crippen LogP contribution in [0.3, 0.4) is 0 Å². The van der Waals surface area contributed by atoms with Crippen molar-refractivity contribution >= 4 is 21.6 Å². The maximum Gasteiger partial charge on any atom is 0.226 e. The Morgan fingerprint density at radius 1 is 1.25 bits per heavy atom. The first kappa shape index (κ1) is 18.8. The van der Waals surface area contributed by atoms with Gasteiger partial charge in [-0.25, -0.2) is 13.1 Å². The quantitative estimate of drug-likeness (QED) is 0.836. The normalized spacial score (nSPS) is 23.2. The van der Waals surface area contributed by atoms with E-state index in [4.69, 9.17) is 9.47 Å². The first-order chi connectivity index (χ1) is 13.3. The molecule has 3 heterocycles. The molecule has 1 amide bonds. The van der Waals surface area contributed by atoms with Crippen LogP contribution in [-0.4, -0.2) is 49.8 Å². The van der Waals surface area contributed by atoms with Crippen molar-refractivity contribution < 1.29 is 22.7 Å². The van der Waals surface area contributed by atoms with Gasteiger partial charge in [-0.15, -0.1) is 0 Å². The lowest BCUT2D eigenvalue weighted by Gasteiger charge is -2.26. The fourth-order valence-electron chi connectivity index (χ4n) is 4.18. The Hall–Kier alpha value is -2.55. The molecular weight excluding hydrogens is 382 g/mol. The van der Waals surface area contributed by atoms with Crippen LogP contribution in [0.1, 0.15) is 41.6 Å². The summed E-state index contributed by atoms with van der Waals surface area (Å²) in [5.74, 6) is 1.75. The van der Waals surface area contributed by atoms with E-state index >= 15 is 0 Å². The van der Waals surface area contributed by atoms with Crippen molar-refractivity contribution in [1.29, 1.82) is 0 Å².